The number of hydrogen-bond donors (Lipinski definition) is 1. The molecule has 1 saturated heterocycles. The zero-order chi connectivity index (χ0) is 13.0. The van der Waals surface area contributed by atoms with Crippen molar-refractivity contribution >= 4 is 5.82 Å². The Labute approximate surface area is 110 Å². The molecule has 2 heterocycles. The van der Waals surface area contributed by atoms with E-state index in [0.29, 0.717) is 0 Å². The lowest BCUT2D eigenvalue weighted by Gasteiger charge is -2.25. The number of rotatable bonds is 5. The lowest BCUT2D eigenvalue weighted by Crippen LogP contribution is -2.36. The molecular formula is C14H24N4. The maximum atomic E-state index is 4.35. The average molecular weight is 248 g/mol. The standard InChI is InChI=1S/C14H24N4/c1-15-14-7-6-12(9-16-14)10-17(2)11-13-5-4-8-18(13)3/h6-7,9,13H,4-5,8,10-11H2,1-3H3,(H,15,16). The van der Waals surface area contributed by atoms with Crippen molar-refractivity contribution in [3.05, 3.63) is 23.9 Å². The molecule has 100 valence electrons. The van der Waals surface area contributed by atoms with Crippen molar-refractivity contribution in [1.82, 2.24) is 14.8 Å². The monoisotopic (exact) mass is 248 g/mol. The van der Waals surface area contributed by atoms with Crippen LogP contribution in [0.4, 0.5) is 5.82 Å². The summed E-state index contributed by atoms with van der Waals surface area (Å²) in [6, 6.07) is 4.90. The summed E-state index contributed by atoms with van der Waals surface area (Å²) >= 11 is 0. The van der Waals surface area contributed by atoms with Crippen molar-refractivity contribution in [3.8, 4) is 0 Å². The van der Waals surface area contributed by atoms with Crippen LogP contribution in [-0.4, -0.2) is 55.1 Å². The second-order valence-corrected chi connectivity index (χ2v) is 5.28. The first-order valence-electron chi connectivity index (χ1n) is 6.70. The molecule has 1 unspecified atom stereocenters. The molecule has 1 aromatic heterocycles. The molecule has 1 atom stereocenters. The Bertz CT molecular complexity index is 363. The molecule has 0 saturated carbocycles. The van der Waals surface area contributed by atoms with Gasteiger partial charge >= 0.3 is 0 Å². The van der Waals surface area contributed by atoms with Gasteiger partial charge in [-0.05, 0) is 45.1 Å². The number of likely N-dealkylation sites (tertiary alicyclic amines) is 1. The van der Waals surface area contributed by atoms with E-state index in [1.165, 1.54) is 24.9 Å². The summed E-state index contributed by atoms with van der Waals surface area (Å²) in [5.74, 6) is 0.928. The van der Waals surface area contributed by atoms with Crippen molar-refractivity contribution in [2.45, 2.75) is 25.4 Å². The number of nitrogens with one attached hydrogen (secondary N) is 1. The van der Waals surface area contributed by atoms with Gasteiger partial charge in [-0.2, -0.15) is 0 Å². The topological polar surface area (TPSA) is 31.4 Å². The number of nitrogens with zero attached hydrogens (tertiary/aromatic N) is 3. The number of likely N-dealkylation sites (N-methyl/N-ethyl adjacent to an activating group) is 2. The van der Waals surface area contributed by atoms with E-state index < -0.39 is 0 Å². The molecule has 4 nitrogen and oxygen atoms in total. The minimum Gasteiger partial charge on any atom is -0.373 e. The minimum atomic E-state index is 0.722. The Morgan fingerprint density at radius 3 is 2.89 bits per heavy atom. The van der Waals surface area contributed by atoms with Crippen LogP contribution in [0.15, 0.2) is 18.3 Å². The van der Waals surface area contributed by atoms with E-state index in [4.69, 9.17) is 0 Å². The Balaban J connectivity index is 1.84. The summed E-state index contributed by atoms with van der Waals surface area (Å²) in [7, 11) is 6.32. The molecule has 1 fully saturated rings. The first-order valence-corrected chi connectivity index (χ1v) is 6.70. The zero-order valence-electron chi connectivity index (χ0n) is 11.7. The molecule has 0 aromatic carbocycles. The molecule has 2 rings (SSSR count). The number of pyridine rings is 1. The van der Waals surface area contributed by atoms with Gasteiger partial charge in [-0.25, -0.2) is 4.98 Å². The van der Waals surface area contributed by atoms with Gasteiger partial charge in [0.15, 0.2) is 0 Å². The molecule has 0 amide bonds. The quantitative estimate of drug-likeness (QED) is 0.858. The van der Waals surface area contributed by atoms with Crippen LogP contribution < -0.4 is 5.32 Å². The highest BCUT2D eigenvalue weighted by atomic mass is 15.2. The van der Waals surface area contributed by atoms with Gasteiger partial charge < -0.3 is 15.1 Å². The van der Waals surface area contributed by atoms with Crippen molar-refractivity contribution in [2.24, 2.45) is 0 Å². The van der Waals surface area contributed by atoms with Gasteiger partial charge in [-0.15, -0.1) is 0 Å². The van der Waals surface area contributed by atoms with Gasteiger partial charge in [0.1, 0.15) is 5.82 Å². The molecule has 18 heavy (non-hydrogen) atoms. The zero-order valence-corrected chi connectivity index (χ0v) is 11.7. The molecule has 4 heteroatoms. The predicted molar refractivity (Wildman–Crippen MR) is 75.8 cm³/mol. The lowest BCUT2D eigenvalue weighted by molar-refractivity contribution is 0.215. The third kappa shape index (κ3) is 3.43. The number of aromatic nitrogens is 1. The Morgan fingerprint density at radius 2 is 2.33 bits per heavy atom. The maximum absolute atomic E-state index is 4.35. The third-order valence-electron chi connectivity index (χ3n) is 3.73. The largest absolute Gasteiger partial charge is 0.373 e. The predicted octanol–water partition coefficient (Wildman–Crippen LogP) is 1.65. The molecule has 0 bridgehead atoms. The van der Waals surface area contributed by atoms with Gasteiger partial charge in [0.2, 0.25) is 0 Å². The SMILES string of the molecule is CNc1ccc(CN(C)CC2CCCN2C)cn1. The van der Waals surface area contributed by atoms with E-state index in [2.05, 4.69) is 40.3 Å². The van der Waals surface area contributed by atoms with Crippen LogP contribution in [-0.2, 0) is 6.54 Å². The Morgan fingerprint density at radius 1 is 1.50 bits per heavy atom. The fourth-order valence-electron chi connectivity index (χ4n) is 2.61. The van der Waals surface area contributed by atoms with Crippen molar-refractivity contribution in [1.29, 1.82) is 0 Å². The smallest absolute Gasteiger partial charge is 0.125 e. The van der Waals surface area contributed by atoms with Gasteiger partial charge in [0.05, 0.1) is 0 Å². The van der Waals surface area contributed by atoms with Gasteiger partial charge in [0, 0.05) is 32.4 Å². The molecule has 0 aliphatic carbocycles. The second-order valence-electron chi connectivity index (χ2n) is 5.28. The summed E-state index contributed by atoms with van der Waals surface area (Å²) in [5, 5.41) is 3.04. The average Bonchev–Trinajstić information content (AvgIpc) is 2.76. The highest BCUT2D eigenvalue weighted by Gasteiger charge is 2.21. The minimum absolute atomic E-state index is 0.722. The highest BCUT2D eigenvalue weighted by molar-refractivity contribution is 5.34. The molecular weight excluding hydrogens is 224 g/mol. The number of anilines is 1. The molecule has 0 radical (unpaired) electrons. The molecule has 1 aliphatic heterocycles. The fourth-order valence-corrected chi connectivity index (χ4v) is 2.61. The molecule has 1 aromatic rings. The van der Waals surface area contributed by atoms with Crippen LogP contribution in [0.3, 0.4) is 0 Å². The van der Waals surface area contributed by atoms with Crippen LogP contribution in [0.5, 0.6) is 0 Å². The van der Waals surface area contributed by atoms with E-state index >= 15 is 0 Å². The van der Waals surface area contributed by atoms with Gasteiger partial charge in [0.25, 0.3) is 0 Å². The van der Waals surface area contributed by atoms with E-state index in [0.717, 1.165) is 24.9 Å². The van der Waals surface area contributed by atoms with E-state index in [-0.39, 0.29) is 0 Å². The van der Waals surface area contributed by atoms with Crippen LogP contribution in [0.25, 0.3) is 0 Å². The van der Waals surface area contributed by atoms with E-state index in [1.54, 1.807) is 0 Å². The molecule has 1 aliphatic rings. The highest BCUT2D eigenvalue weighted by Crippen LogP contribution is 2.16. The first-order chi connectivity index (χ1) is 8.69. The van der Waals surface area contributed by atoms with Crippen LogP contribution in [0.2, 0.25) is 0 Å². The van der Waals surface area contributed by atoms with Gasteiger partial charge in [-0.1, -0.05) is 6.07 Å². The summed E-state index contributed by atoms with van der Waals surface area (Å²) in [4.78, 5) is 9.21. The van der Waals surface area contributed by atoms with Crippen molar-refractivity contribution in [3.63, 3.8) is 0 Å². The lowest BCUT2D eigenvalue weighted by atomic mass is 10.2. The molecule has 0 spiro atoms. The maximum Gasteiger partial charge on any atom is 0.125 e. The summed E-state index contributed by atoms with van der Waals surface area (Å²) < 4.78 is 0. The third-order valence-corrected chi connectivity index (χ3v) is 3.73. The summed E-state index contributed by atoms with van der Waals surface area (Å²) in [6.45, 7) is 3.36. The van der Waals surface area contributed by atoms with Crippen LogP contribution in [0, 0.1) is 0 Å². The molecule has 1 N–H and O–H groups in total. The Hall–Kier alpha value is -1.13. The first kappa shape index (κ1) is 13.3. The van der Waals surface area contributed by atoms with E-state index in [9.17, 15) is 0 Å². The summed E-state index contributed by atoms with van der Waals surface area (Å²) in [6.07, 6.45) is 4.63. The summed E-state index contributed by atoms with van der Waals surface area (Å²) in [5.41, 5.74) is 1.28. The van der Waals surface area contributed by atoms with E-state index in [1.807, 2.05) is 19.3 Å². The Kier molecular flexibility index (Phi) is 4.55. The van der Waals surface area contributed by atoms with Gasteiger partial charge in [-0.3, -0.25) is 0 Å². The van der Waals surface area contributed by atoms with Crippen LogP contribution in [0.1, 0.15) is 18.4 Å². The fraction of sp³-hybridized carbons (Fsp3) is 0.643. The number of hydrogen-bond acceptors (Lipinski definition) is 4. The van der Waals surface area contributed by atoms with Crippen molar-refractivity contribution < 1.29 is 0 Å². The van der Waals surface area contributed by atoms with Crippen LogP contribution >= 0.6 is 0 Å². The second kappa shape index (κ2) is 6.16. The van der Waals surface area contributed by atoms with Crippen molar-refractivity contribution in [2.75, 3.05) is 39.5 Å². The normalized spacial score (nSPS) is 20.6.